The van der Waals surface area contributed by atoms with Gasteiger partial charge in [0.2, 0.25) is 33.7 Å². The van der Waals surface area contributed by atoms with E-state index in [1.807, 2.05) is 39.8 Å². The van der Waals surface area contributed by atoms with Crippen LogP contribution in [0.1, 0.15) is 96.3 Å². The van der Waals surface area contributed by atoms with E-state index in [0.29, 0.717) is 31.7 Å². The van der Waals surface area contributed by atoms with Crippen molar-refractivity contribution in [1.29, 1.82) is 0 Å². The zero-order valence-corrected chi connectivity index (χ0v) is 39.5. The Morgan fingerprint density at radius 1 is 0.769 bits per heavy atom. The molecule has 1 aromatic rings. The molecule has 0 bridgehead atoms. The van der Waals surface area contributed by atoms with Crippen molar-refractivity contribution in [1.82, 2.24) is 36.6 Å². The minimum atomic E-state index is -3.41. The van der Waals surface area contributed by atoms with E-state index in [4.69, 9.17) is 9.47 Å². The van der Waals surface area contributed by atoms with Crippen molar-refractivity contribution in [3.8, 4) is 0 Å². The van der Waals surface area contributed by atoms with Crippen molar-refractivity contribution in [2.24, 2.45) is 10.8 Å². The maximum atomic E-state index is 12.9. The fourth-order valence-electron chi connectivity index (χ4n) is 6.50. The molecule has 0 radical (unpaired) electrons. The van der Waals surface area contributed by atoms with E-state index in [1.54, 1.807) is 12.1 Å². The topological polar surface area (TPSA) is 309 Å². The molecule has 1 aromatic carbocycles. The van der Waals surface area contributed by atoms with Crippen molar-refractivity contribution in [3.05, 3.63) is 41.6 Å². The van der Waals surface area contributed by atoms with E-state index in [2.05, 4.69) is 48.9 Å². The molecule has 0 saturated carbocycles. The summed E-state index contributed by atoms with van der Waals surface area (Å²) in [6.45, 7) is 12.5. The van der Waals surface area contributed by atoms with E-state index in [0.717, 1.165) is 18.7 Å². The summed E-state index contributed by atoms with van der Waals surface area (Å²) in [4.78, 5) is 85.8. The number of carbonyl (C=O) groups excluding carboxylic acids is 5. The monoisotopic (exact) mass is 940 g/mol. The van der Waals surface area contributed by atoms with Gasteiger partial charge in [-0.25, -0.2) is 22.7 Å². The van der Waals surface area contributed by atoms with Crippen LogP contribution < -0.4 is 41.9 Å². The third kappa shape index (κ3) is 28.4. The van der Waals surface area contributed by atoms with Crippen LogP contribution in [0.15, 0.2) is 36.0 Å². The third-order valence-corrected chi connectivity index (χ3v) is 10.9. The van der Waals surface area contributed by atoms with E-state index in [-0.39, 0.29) is 107 Å². The first-order valence-electron chi connectivity index (χ1n) is 21.8. The Morgan fingerprint density at radius 2 is 1.45 bits per heavy atom. The van der Waals surface area contributed by atoms with Crippen LogP contribution in [0.2, 0.25) is 0 Å². The number of benzene rings is 1. The van der Waals surface area contributed by atoms with Crippen LogP contribution in [-0.4, -0.2) is 145 Å². The fraction of sp³-hybridized carbons (Fsp3) is 0.651. The number of rotatable bonds is 36. The molecule has 368 valence electrons. The van der Waals surface area contributed by atoms with Crippen LogP contribution in [-0.2, 0) is 48.3 Å². The highest BCUT2D eigenvalue weighted by Crippen LogP contribution is 2.36. The Morgan fingerprint density at radius 3 is 2.09 bits per heavy atom. The molecule has 0 aliphatic heterocycles. The number of anilines is 1. The molecule has 10 N–H and O–H groups in total. The molecule has 21 nitrogen and oxygen atoms in total. The second kappa shape index (κ2) is 30.9. The number of aliphatic carboxylic acids is 2. The van der Waals surface area contributed by atoms with Gasteiger partial charge in [-0.3, -0.25) is 24.0 Å². The first-order valence-corrected chi connectivity index (χ1v) is 23.4. The van der Waals surface area contributed by atoms with Crippen molar-refractivity contribution in [2.75, 3.05) is 83.8 Å². The quantitative estimate of drug-likeness (QED) is 0.0333. The molecule has 0 fully saturated rings. The molecule has 0 aromatic heterocycles. The SMILES string of the molecule is CCCNc1ccc(C(=O)NCCNC(=O)COCCOCCNCCC=C(NC(=O)CCC(NC(=O)CC(C)(C)CC(C)(C)CNC(=O)CCCS(=O)(=O)NC)C(=O)O)C(=O)O)cc1. The van der Waals surface area contributed by atoms with Crippen LogP contribution >= 0.6 is 0 Å². The summed E-state index contributed by atoms with van der Waals surface area (Å²) in [5, 5.41) is 38.6. The van der Waals surface area contributed by atoms with Crippen molar-refractivity contribution in [2.45, 2.75) is 92.0 Å². The largest absolute Gasteiger partial charge is 0.480 e. The summed E-state index contributed by atoms with van der Waals surface area (Å²) in [7, 11) is -2.10. The smallest absolute Gasteiger partial charge is 0.352 e. The van der Waals surface area contributed by atoms with Crippen LogP contribution in [0.3, 0.4) is 0 Å². The Balaban J connectivity index is 2.30. The molecule has 1 rings (SSSR count). The summed E-state index contributed by atoms with van der Waals surface area (Å²) < 4.78 is 36.1. The van der Waals surface area contributed by atoms with Crippen molar-refractivity contribution < 1.29 is 61.7 Å². The number of carbonyl (C=O) groups is 7. The van der Waals surface area contributed by atoms with E-state index < -0.39 is 50.6 Å². The van der Waals surface area contributed by atoms with Gasteiger partial charge in [0, 0.05) is 63.2 Å². The van der Waals surface area contributed by atoms with Gasteiger partial charge >= 0.3 is 11.9 Å². The zero-order chi connectivity index (χ0) is 48.9. The van der Waals surface area contributed by atoms with Crippen LogP contribution in [0.4, 0.5) is 5.69 Å². The summed E-state index contributed by atoms with van der Waals surface area (Å²) >= 11 is 0. The van der Waals surface area contributed by atoms with E-state index in [9.17, 15) is 52.2 Å². The number of hydrogen-bond acceptors (Lipinski definition) is 13. The zero-order valence-electron chi connectivity index (χ0n) is 38.7. The number of carboxylic acid groups (broad SMARTS) is 2. The number of ether oxygens (including phenoxy) is 2. The molecule has 1 atom stereocenters. The highest BCUT2D eigenvalue weighted by Gasteiger charge is 2.32. The molecular weight excluding hydrogens is 869 g/mol. The number of carboxylic acids is 2. The Kier molecular flexibility index (Phi) is 27.5. The molecule has 22 heteroatoms. The second-order valence-electron chi connectivity index (χ2n) is 16.9. The third-order valence-electron chi connectivity index (χ3n) is 9.44. The maximum absolute atomic E-state index is 12.9. The van der Waals surface area contributed by atoms with Crippen LogP contribution in [0, 0.1) is 10.8 Å². The number of nitrogens with one attached hydrogen (secondary N) is 8. The maximum Gasteiger partial charge on any atom is 0.352 e. The van der Waals surface area contributed by atoms with Crippen LogP contribution in [0.25, 0.3) is 0 Å². The first-order chi connectivity index (χ1) is 30.6. The minimum Gasteiger partial charge on any atom is -0.480 e. The number of sulfonamides is 1. The Bertz CT molecular complexity index is 1820. The predicted molar refractivity (Wildman–Crippen MR) is 244 cm³/mol. The second-order valence-corrected chi connectivity index (χ2v) is 18.9. The predicted octanol–water partition coefficient (Wildman–Crippen LogP) is 1.08. The lowest BCUT2D eigenvalue weighted by Gasteiger charge is -2.35. The van der Waals surface area contributed by atoms with Gasteiger partial charge in [0.25, 0.3) is 5.91 Å². The van der Waals surface area contributed by atoms with Crippen molar-refractivity contribution in [3.63, 3.8) is 0 Å². The molecule has 65 heavy (non-hydrogen) atoms. The molecule has 5 amide bonds. The lowest BCUT2D eigenvalue weighted by Crippen LogP contribution is -2.44. The Hall–Kier alpha value is -5.16. The lowest BCUT2D eigenvalue weighted by molar-refractivity contribution is -0.142. The molecule has 1 unspecified atom stereocenters. The van der Waals surface area contributed by atoms with E-state index in [1.165, 1.54) is 13.1 Å². The van der Waals surface area contributed by atoms with Gasteiger partial charge in [-0.2, -0.15) is 0 Å². The summed E-state index contributed by atoms with van der Waals surface area (Å²) in [5.74, 6) is -5.08. The molecule has 0 aliphatic carbocycles. The van der Waals surface area contributed by atoms with Crippen LogP contribution in [0.5, 0.6) is 0 Å². The highest BCUT2D eigenvalue weighted by atomic mass is 32.2. The Labute approximate surface area is 382 Å². The molecule has 0 heterocycles. The average Bonchev–Trinajstić information content (AvgIpc) is 3.23. The number of amides is 5. The summed E-state index contributed by atoms with van der Waals surface area (Å²) in [6.07, 6.45) is 2.49. The standard InChI is InChI=1S/C43H72N8O13S/c1-7-18-46-32-14-12-31(13-15-32)39(56)48-21-20-47-38(55)28-64-25-24-63-23-22-45-19-8-10-33(40(57)58)50-36(53)17-16-34(41(59)60)51-37(54)27-42(2,3)29-43(4,5)30-49-35(52)11-9-26-65(61,62)44-6/h10,12-15,34,44-46H,7-9,11,16-30H2,1-6H3,(H,47,55)(H,48,56)(H,49,52)(H,50,53)(H,51,54)(H,57,58)(H,59,60). The summed E-state index contributed by atoms with van der Waals surface area (Å²) in [5.41, 5.74) is -0.00337. The molecule has 0 saturated heterocycles. The molecule has 0 spiro atoms. The van der Waals surface area contributed by atoms with Crippen molar-refractivity contribution >= 4 is 57.2 Å². The van der Waals surface area contributed by atoms with Gasteiger partial charge in [0.1, 0.15) is 18.3 Å². The average molecular weight is 941 g/mol. The first kappa shape index (κ1) is 57.9. The molecular formula is C43H72N8O13S. The minimum absolute atomic E-state index is 0.0349. The van der Waals surface area contributed by atoms with Gasteiger partial charge in [0.15, 0.2) is 0 Å². The summed E-state index contributed by atoms with van der Waals surface area (Å²) in [6, 6.07) is 5.74. The van der Waals surface area contributed by atoms with Gasteiger partial charge in [-0.05, 0) is 80.8 Å². The van der Waals surface area contributed by atoms with E-state index >= 15 is 0 Å². The highest BCUT2D eigenvalue weighted by molar-refractivity contribution is 7.89. The number of hydrogen-bond donors (Lipinski definition) is 10. The van der Waals surface area contributed by atoms with Gasteiger partial charge in [-0.1, -0.05) is 40.7 Å². The lowest BCUT2D eigenvalue weighted by atomic mass is 9.73. The van der Waals surface area contributed by atoms with Gasteiger partial charge < -0.3 is 56.9 Å². The van der Waals surface area contributed by atoms with Gasteiger partial charge in [-0.15, -0.1) is 0 Å². The fourth-order valence-corrected chi connectivity index (χ4v) is 7.23. The normalized spacial score (nSPS) is 12.4. The molecule has 0 aliphatic rings. The van der Waals surface area contributed by atoms with Gasteiger partial charge in [0.05, 0.1) is 25.6 Å².